The van der Waals surface area contributed by atoms with Crippen LogP contribution >= 0.6 is 0 Å². The van der Waals surface area contributed by atoms with Crippen LogP contribution in [0.3, 0.4) is 0 Å². The Hall–Kier alpha value is -19.1. The Labute approximate surface area is 848 Å². The zero-order valence-electron chi connectivity index (χ0n) is 79.5. The Bertz CT molecular complexity index is 9130. The van der Waals surface area contributed by atoms with Gasteiger partial charge in [-0.05, 0) is 321 Å². The van der Waals surface area contributed by atoms with Crippen molar-refractivity contribution >= 4 is 0 Å². The highest BCUT2D eigenvalue weighted by Crippen LogP contribution is 2.65. The summed E-state index contributed by atoms with van der Waals surface area (Å²) >= 11 is 0. The Balaban J connectivity index is 0.565. The van der Waals surface area contributed by atoms with E-state index in [9.17, 15) is 0 Å². The molecule has 2 spiro atoms. The zero-order chi connectivity index (χ0) is 96.3. The van der Waals surface area contributed by atoms with Gasteiger partial charge in [-0.2, -0.15) is 0 Å². The zero-order valence-corrected chi connectivity index (χ0v) is 79.5. The van der Waals surface area contributed by atoms with Gasteiger partial charge in [0.2, 0.25) is 0 Å². The van der Waals surface area contributed by atoms with Crippen molar-refractivity contribution in [3.63, 3.8) is 0 Å². The number of benzene rings is 22. The molecular weight excluding hydrogens is 1770 g/mol. The molecule has 6 nitrogen and oxygen atoms in total. The van der Waals surface area contributed by atoms with Crippen molar-refractivity contribution in [3.8, 4) is 235 Å². The van der Waals surface area contributed by atoms with Gasteiger partial charge < -0.3 is 0 Å². The summed E-state index contributed by atoms with van der Waals surface area (Å²) in [6, 6.07) is 195. The molecular formula is C140H88N6. The van der Waals surface area contributed by atoms with E-state index >= 15 is 0 Å². The van der Waals surface area contributed by atoms with E-state index in [1.807, 2.05) is 0 Å². The maximum absolute atomic E-state index is 5.74. The average Bonchev–Trinajstić information content (AvgIpc) is 1.51. The lowest BCUT2D eigenvalue weighted by Crippen LogP contribution is -2.25. The van der Waals surface area contributed by atoms with Gasteiger partial charge in [0.05, 0.1) is 10.8 Å². The minimum absolute atomic E-state index is 0.510. The molecule has 0 N–H and O–H groups in total. The van der Waals surface area contributed by atoms with Crippen LogP contribution in [0.2, 0.25) is 0 Å². The second-order valence-corrected chi connectivity index (χ2v) is 38.6. The maximum atomic E-state index is 5.74. The Morgan fingerprint density at radius 2 is 0.253 bits per heavy atom. The molecule has 28 rings (SSSR count). The van der Waals surface area contributed by atoms with Crippen molar-refractivity contribution < 1.29 is 0 Å². The van der Waals surface area contributed by atoms with Crippen LogP contribution in [0.25, 0.3) is 235 Å². The van der Waals surface area contributed by atoms with Gasteiger partial charge in [0.15, 0.2) is 34.9 Å². The van der Waals surface area contributed by atoms with Gasteiger partial charge in [-0.25, -0.2) is 29.9 Å². The van der Waals surface area contributed by atoms with Crippen LogP contribution in [0.4, 0.5) is 0 Å². The molecule has 0 fully saturated rings. The van der Waals surface area contributed by atoms with E-state index in [0.717, 1.165) is 161 Å². The Morgan fingerprint density at radius 1 is 0.0890 bits per heavy atom. The van der Waals surface area contributed by atoms with Crippen molar-refractivity contribution in [1.82, 2.24) is 29.9 Å². The first-order valence-corrected chi connectivity index (χ1v) is 50.1. The highest BCUT2D eigenvalue weighted by atomic mass is 15.0. The van der Waals surface area contributed by atoms with Gasteiger partial charge in [-0.15, -0.1) is 0 Å². The van der Waals surface area contributed by atoms with Crippen LogP contribution < -0.4 is 0 Å². The molecule has 146 heavy (non-hydrogen) atoms. The van der Waals surface area contributed by atoms with Crippen LogP contribution in [0.1, 0.15) is 44.5 Å². The lowest BCUT2D eigenvalue weighted by atomic mass is 9.70. The summed E-state index contributed by atoms with van der Waals surface area (Å²) in [5.41, 5.74) is 47.8. The van der Waals surface area contributed by atoms with E-state index < -0.39 is 10.8 Å². The number of fused-ring (bicyclic) bond motifs is 20. The summed E-state index contributed by atoms with van der Waals surface area (Å²) in [5.74, 6) is 3.40. The predicted octanol–water partition coefficient (Wildman–Crippen LogP) is 35.1. The quantitative estimate of drug-likeness (QED) is 0.0904. The summed E-state index contributed by atoms with van der Waals surface area (Å²) in [5, 5.41) is 0. The summed E-state index contributed by atoms with van der Waals surface area (Å²) < 4.78 is 0. The van der Waals surface area contributed by atoms with Gasteiger partial charge in [0, 0.05) is 33.4 Å². The van der Waals surface area contributed by atoms with E-state index in [1.54, 1.807) is 0 Å². The maximum Gasteiger partial charge on any atom is 0.164 e. The molecule has 2 heterocycles. The van der Waals surface area contributed by atoms with Crippen molar-refractivity contribution in [3.05, 3.63) is 578 Å². The fourth-order valence-corrected chi connectivity index (χ4v) is 23.7. The molecule has 0 atom stereocenters. The monoisotopic (exact) mass is 1850 g/mol. The third kappa shape index (κ3) is 14.4. The number of hydrogen-bond donors (Lipinski definition) is 0. The van der Waals surface area contributed by atoms with Crippen LogP contribution in [0.15, 0.2) is 534 Å². The van der Waals surface area contributed by atoms with Crippen molar-refractivity contribution in [2.24, 2.45) is 0 Å². The summed E-state index contributed by atoms with van der Waals surface area (Å²) in [4.78, 5) is 33.9. The lowest BCUT2D eigenvalue weighted by molar-refractivity contribution is 0.794. The van der Waals surface area contributed by atoms with Gasteiger partial charge in [-0.3, -0.25) is 0 Å². The molecule has 0 amide bonds. The fraction of sp³-hybridized carbons (Fsp3) is 0.0143. The number of aromatic nitrogens is 6. The van der Waals surface area contributed by atoms with Crippen LogP contribution in [-0.4, -0.2) is 29.9 Å². The molecule has 2 aromatic heterocycles. The third-order valence-corrected chi connectivity index (χ3v) is 30.3. The topological polar surface area (TPSA) is 77.3 Å². The second-order valence-electron chi connectivity index (χ2n) is 38.6. The van der Waals surface area contributed by atoms with E-state index in [-0.39, 0.29) is 0 Å². The van der Waals surface area contributed by atoms with E-state index in [0.29, 0.717) is 34.9 Å². The average molecular weight is 1850 g/mol. The molecule has 0 saturated heterocycles. The first-order valence-electron chi connectivity index (χ1n) is 50.1. The second kappa shape index (κ2) is 35.0. The van der Waals surface area contributed by atoms with Gasteiger partial charge in [0.1, 0.15) is 0 Å². The molecule has 0 unspecified atom stereocenters. The highest BCUT2D eigenvalue weighted by molar-refractivity contribution is 6.00. The van der Waals surface area contributed by atoms with Crippen LogP contribution in [0.5, 0.6) is 0 Å². The van der Waals surface area contributed by atoms with E-state index in [4.69, 9.17) is 29.9 Å². The number of hydrogen-bond acceptors (Lipinski definition) is 6. The molecule has 22 aromatic carbocycles. The summed E-state index contributed by atoms with van der Waals surface area (Å²) in [6.07, 6.45) is 0. The molecule has 4 aliphatic carbocycles. The largest absolute Gasteiger partial charge is 0.208 e. The Kier molecular flexibility index (Phi) is 20.3. The first-order chi connectivity index (χ1) is 72.3. The van der Waals surface area contributed by atoms with Crippen molar-refractivity contribution in [2.75, 3.05) is 0 Å². The number of rotatable bonds is 17. The fourth-order valence-electron chi connectivity index (χ4n) is 23.7. The molecule has 24 aromatic rings. The van der Waals surface area contributed by atoms with Gasteiger partial charge in [0.25, 0.3) is 0 Å². The number of nitrogens with zero attached hydrogens (tertiary/aromatic N) is 6. The lowest BCUT2D eigenvalue weighted by Gasteiger charge is -2.30. The summed E-state index contributed by atoms with van der Waals surface area (Å²) in [6.45, 7) is 0. The molecule has 0 bridgehead atoms. The summed E-state index contributed by atoms with van der Waals surface area (Å²) in [7, 11) is 0. The minimum Gasteiger partial charge on any atom is -0.208 e. The molecule has 678 valence electrons. The molecule has 0 saturated carbocycles. The minimum atomic E-state index is -0.592. The van der Waals surface area contributed by atoms with Crippen LogP contribution in [0, 0.1) is 0 Å². The van der Waals surface area contributed by atoms with Gasteiger partial charge >= 0.3 is 0 Å². The van der Waals surface area contributed by atoms with Crippen molar-refractivity contribution in [1.29, 1.82) is 0 Å². The molecule has 6 heteroatoms. The standard InChI is InChI=1S/C140H88N6/c1-7-35-89(36-8-1)105-75-106(90-37-9-2-10-38-90)78-111(77-105)99-51-33-54-102(73-99)134-142-136(104-67-69-123-121-59-23-29-65-129(121)140(132(123)88-104)127-63-27-21-57-119(127)120-58-22-28-64-128(120)140)146-138(144-134)116-85-110(94-45-17-6-18-46-94)81-114(86-116)98-50-32-48-96(72-98)95-47-31-49-97(71-95)112-79-107(91-39-11-3-12-40-91)80-113(82-112)100-52-34-53-101(74-100)133-141-135(145-137(143-133)115-83-108(92-41-13-4-14-42-92)76-109(84-115)93-43-15-5-16-44-93)103-68-70-131-124(87-103)122-60-24-30-66-130(122)139(131)125-61-25-19-55-117(125)118-56-20-26-62-126(118)139/h1-88H. The first kappa shape index (κ1) is 84.9. The van der Waals surface area contributed by atoms with Crippen molar-refractivity contribution in [2.45, 2.75) is 10.8 Å². The van der Waals surface area contributed by atoms with Crippen LogP contribution in [-0.2, 0) is 10.8 Å². The Morgan fingerprint density at radius 3 is 0.534 bits per heavy atom. The SMILES string of the molecule is c1ccc(-c2cc(-c3cccc(-c4cccc(-c5cc(-c6ccccc6)cc(-c6nc(-c7cccc(-c8cc(-c9ccccc9)cc(-c9ccccc9)c8)c7)nc(-c7ccc8c(c7)C7(c9ccccc9-c9ccccc97)c7ccccc7-8)n6)c5)c4)c3)cc(-c3cccc(-c4nc(-c5cc(-c6ccccc6)cc(-c6ccccc6)c5)nc(-c5ccc6c(c5)-c5ccccc5C65c6ccccc6-c6ccccc65)n4)c3)c2)cc1. The molecule has 0 aliphatic heterocycles. The van der Waals surface area contributed by atoms with E-state index in [2.05, 4.69) is 534 Å². The third-order valence-electron chi connectivity index (χ3n) is 30.3. The highest BCUT2D eigenvalue weighted by Gasteiger charge is 2.53. The van der Waals surface area contributed by atoms with E-state index in [1.165, 1.54) is 83.5 Å². The molecule has 0 radical (unpaired) electrons. The smallest absolute Gasteiger partial charge is 0.164 e. The predicted molar refractivity (Wildman–Crippen MR) is 598 cm³/mol. The normalized spacial score (nSPS) is 12.6. The molecule has 4 aliphatic rings. The van der Waals surface area contributed by atoms with Gasteiger partial charge in [-0.1, -0.05) is 425 Å².